The van der Waals surface area contributed by atoms with Crippen molar-refractivity contribution in [3.63, 3.8) is 0 Å². The molecule has 1 aliphatic carbocycles. The molecule has 0 aromatic heterocycles. The molecule has 5 heteroatoms. The largest absolute Gasteiger partial charge is 0.444 e. The molecular formula is C20H30N2O3. The van der Waals surface area contributed by atoms with Crippen LogP contribution in [0.15, 0.2) is 18.2 Å². The summed E-state index contributed by atoms with van der Waals surface area (Å²) in [6.07, 6.45) is 0.0788. The molecule has 0 radical (unpaired) electrons. The Morgan fingerprint density at radius 1 is 1.28 bits per heavy atom. The minimum atomic E-state index is -0.476. The summed E-state index contributed by atoms with van der Waals surface area (Å²) < 4.78 is 5.50. The summed E-state index contributed by atoms with van der Waals surface area (Å²) >= 11 is 0. The molecule has 0 saturated carbocycles. The number of piperazine rings is 1. The van der Waals surface area contributed by atoms with E-state index in [4.69, 9.17) is 4.74 Å². The van der Waals surface area contributed by atoms with Crippen molar-refractivity contribution in [2.45, 2.75) is 64.8 Å². The molecular weight excluding hydrogens is 316 g/mol. The molecule has 3 atom stereocenters. The third kappa shape index (κ3) is 3.82. The Hall–Kier alpha value is -1.59. The Morgan fingerprint density at radius 2 is 2.00 bits per heavy atom. The van der Waals surface area contributed by atoms with E-state index in [0.717, 1.165) is 6.54 Å². The highest BCUT2D eigenvalue weighted by atomic mass is 16.6. The van der Waals surface area contributed by atoms with Crippen molar-refractivity contribution < 1.29 is 14.6 Å². The maximum Gasteiger partial charge on any atom is 0.410 e. The topological polar surface area (TPSA) is 53.0 Å². The lowest BCUT2D eigenvalue weighted by molar-refractivity contribution is -0.0206. The summed E-state index contributed by atoms with van der Waals surface area (Å²) in [5.41, 5.74) is 3.24. The molecule has 1 aromatic carbocycles. The molecule has 0 spiro atoms. The maximum atomic E-state index is 12.3. The number of hydrogen-bond acceptors (Lipinski definition) is 4. The van der Waals surface area contributed by atoms with E-state index in [0.29, 0.717) is 19.5 Å². The molecule has 2 aliphatic rings. The van der Waals surface area contributed by atoms with Crippen LogP contribution in [0.3, 0.4) is 0 Å². The van der Waals surface area contributed by atoms with Crippen molar-refractivity contribution in [3.8, 4) is 0 Å². The fraction of sp³-hybridized carbons (Fsp3) is 0.650. The van der Waals surface area contributed by atoms with Crippen LogP contribution in [0.4, 0.5) is 4.79 Å². The molecule has 5 nitrogen and oxygen atoms in total. The zero-order valence-corrected chi connectivity index (χ0v) is 16.0. The van der Waals surface area contributed by atoms with E-state index in [2.05, 4.69) is 36.9 Å². The van der Waals surface area contributed by atoms with Crippen LogP contribution in [-0.4, -0.2) is 58.4 Å². The van der Waals surface area contributed by atoms with Crippen LogP contribution in [0.1, 0.15) is 50.4 Å². The van der Waals surface area contributed by atoms with E-state index in [1.54, 1.807) is 4.90 Å². The van der Waals surface area contributed by atoms with Crippen LogP contribution in [0.2, 0.25) is 0 Å². The van der Waals surface area contributed by atoms with E-state index in [-0.39, 0.29) is 24.3 Å². The summed E-state index contributed by atoms with van der Waals surface area (Å²) in [6.45, 7) is 11.9. The summed E-state index contributed by atoms with van der Waals surface area (Å²) in [7, 11) is 0. The Balaban J connectivity index is 1.71. The van der Waals surface area contributed by atoms with E-state index in [1.165, 1.54) is 16.7 Å². The van der Waals surface area contributed by atoms with Gasteiger partial charge in [-0.05, 0) is 45.7 Å². The van der Waals surface area contributed by atoms with Gasteiger partial charge < -0.3 is 14.7 Å². The number of carbonyl (C=O) groups excluding carboxylic acids is 1. The van der Waals surface area contributed by atoms with Crippen molar-refractivity contribution >= 4 is 6.09 Å². The first kappa shape index (κ1) is 18.2. The number of aliphatic hydroxyl groups is 1. The van der Waals surface area contributed by atoms with Crippen LogP contribution in [-0.2, 0) is 11.2 Å². The molecule has 25 heavy (non-hydrogen) atoms. The zero-order valence-electron chi connectivity index (χ0n) is 16.0. The highest BCUT2D eigenvalue weighted by Gasteiger charge is 2.40. The lowest BCUT2D eigenvalue weighted by atomic mass is 10.0. The van der Waals surface area contributed by atoms with E-state index in [9.17, 15) is 9.90 Å². The minimum absolute atomic E-state index is 0.0198. The molecule has 0 bridgehead atoms. The van der Waals surface area contributed by atoms with Crippen LogP contribution in [0, 0.1) is 6.92 Å². The fourth-order valence-corrected chi connectivity index (χ4v) is 4.02. The summed E-state index contributed by atoms with van der Waals surface area (Å²) in [6, 6.07) is 6.64. The molecule has 1 aliphatic heterocycles. The number of amides is 1. The van der Waals surface area contributed by atoms with Gasteiger partial charge in [0, 0.05) is 32.1 Å². The minimum Gasteiger partial charge on any atom is -0.444 e. The number of hydrogen-bond donors (Lipinski definition) is 1. The van der Waals surface area contributed by atoms with Crippen molar-refractivity contribution in [2.24, 2.45) is 0 Å². The van der Waals surface area contributed by atoms with Gasteiger partial charge in [0.1, 0.15) is 5.60 Å². The number of benzene rings is 1. The van der Waals surface area contributed by atoms with Gasteiger partial charge in [-0.3, -0.25) is 4.90 Å². The maximum absolute atomic E-state index is 12.3. The van der Waals surface area contributed by atoms with Gasteiger partial charge in [-0.25, -0.2) is 4.79 Å². The van der Waals surface area contributed by atoms with E-state index < -0.39 is 5.60 Å². The third-order valence-corrected chi connectivity index (χ3v) is 5.10. The first-order valence-electron chi connectivity index (χ1n) is 9.17. The van der Waals surface area contributed by atoms with Gasteiger partial charge in [0.2, 0.25) is 0 Å². The highest BCUT2D eigenvalue weighted by Crippen LogP contribution is 2.38. The Labute approximate surface area is 150 Å². The molecule has 2 unspecified atom stereocenters. The second-order valence-electron chi connectivity index (χ2n) is 8.43. The molecule has 1 amide bonds. The van der Waals surface area contributed by atoms with Gasteiger partial charge in [-0.15, -0.1) is 0 Å². The molecule has 1 saturated heterocycles. The van der Waals surface area contributed by atoms with Crippen LogP contribution in [0.25, 0.3) is 0 Å². The summed E-state index contributed by atoms with van der Waals surface area (Å²) in [5.74, 6) is 0. The lowest BCUT2D eigenvalue weighted by Crippen LogP contribution is -2.56. The van der Waals surface area contributed by atoms with Gasteiger partial charge in [-0.1, -0.05) is 23.8 Å². The lowest BCUT2D eigenvalue weighted by Gasteiger charge is -2.44. The van der Waals surface area contributed by atoms with E-state index in [1.807, 2.05) is 20.8 Å². The molecule has 1 N–H and O–H groups in total. The number of aliphatic hydroxyl groups excluding tert-OH is 1. The van der Waals surface area contributed by atoms with Crippen molar-refractivity contribution in [1.29, 1.82) is 0 Å². The normalized spacial score (nSPS) is 27.3. The number of nitrogens with zero attached hydrogens (tertiary/aromatic N) is 2. The van der Waals surface area contributed by atoms with Gasteiger partial charge >= 0.3 is 6.09 Å². The van der Waals surface area contributed by atoms with Crippen molar-refractivity contribution in [3.05, 3.63) is 34.9 Å². The zero-order chi connectivity index (χ0) is 18.4. The Bertz CT molecular complexity index is 653. The average Bonchev–Trinajstić information content (AvgIpc) is 2.80. The first-order valence-corrected chi connectivity index (χ1v) is 9.17. The Kier molecular flexibility index (Phi) is 4.82. The van der Waals surface area contributed by atoms with Crippen LogP contribution >= 0.6 is 0 Å². The highest BCUT2D eigenvalue weighted by molar-refractivity contribution is 5.68. The number of ether oxygens (including phenoxy) is 1. The van der Waals surface area contributed by atoms with E-state index >= 15 is 0 Å². The molecule has 1 heterocycles. The van der Waals surface area contributed by atoms with Gasteiger partial charge in [0.15, 0.2) is 0 Å². The fourth-order valence-electron chi connectivity index (χ4n) is 4.02. The van der Waals surface area contributed by atoms with Gasteiger partial charge in [0.05, 0.1) is 12.1 Å². The molecule has 1 aromatic rings. The number of fused-ring (bicyclic) bond motifs is 1. The molecule has 138 valence electrons. The summed E-state index contributed by atoms with van der Waals surface area (Å²) in [5, 5.41) is 10.7. The van der Waals surface area contributed by atoms with Crippen LogP contribution < -0.4 is 0 Å². The second-order valence-corrected chi connectivity index (χ2v) is 8.43. The predicted octanol–water partition coefficient (Wildman–Crippen LogP) is 2.89. The first-order chi connectivity index (χ1) is 11.7. The smallest absolute Gasteiger partial charge is 0.410 e. The standard InChI is InChI=1S/C20H30N2O3/c1-13-6-7-16-15(10-13)11-17(23)18(16)22-9-8-21(12-14(22)2)19(24)25-20(3,4)5/h6-7,10,14,17-18,23H,8-9,11-12H2,1-5H3/t14-,17?,18?/m0/s1. The van der Waals surface area contributed by atoms with Gasteiger partial charge in [-0.2, -0.15) is 0 Å². The SMILES string of the molecule is Cc1ccc2c(c1)CC(O)C2N1CCN(C(=O)OC(C)(C)C)C[C@@H]1C. The monoisotopic (exact) mass is 346 g/mol. The third-order valence-electron chi connectivity index (χ3n) is 5.10. The number of carbonyl (C=O) groups is 1. The average molecular weight is 346 g/mol. The predicted molar refractivity (Wildman–Crippen MR) is 97.6 cm³/mol. The Morgan fingerprint density at radius 3 is 2.64 bits per heavy atom. The number of aryl methyl sites for hydroxylation is 1. The quantitative estimate of drug-likeness (QED) is 0.849. The molecule has 3 rings (SSSR count). The molecule has 1 fully saturated rings. The van der Waals surface area contributed by atoms with Gasteiger partial charge in [0.25, 0.3) is 0 Å². The van der Waals surface area contributed by atoms with Crippen molar-refractivity contribution in [1.82, 2.24) is 9.80 Å². The van der Waals surface area contributed by atoms with Crippen molar-refractivity contribution in [2.75, 3.05) is 19.6 Å². The number of rotatable bonds is 1. The van der Waals surface area contributed by atoms with Crippen LogP contribution in [0.5, 0.6) is 0 Å². The second kappa shape index (κ2) is 6.61. The summed E-state index contributed by atoms with van der Waals surface area (Å²) in [4.78, 5) is 16.4.